The largest absolute Gasteiger partial charge is 0.315 e. The lowest BCUT2D eigenvalue weighted by Crippen LogP contribution is -2.33. The summed E-state index contributed by atoms with van der Waals surface area (Å²) < 4.78 is 0. The number of nitrogens with zero attached hydrogens (tertiary/aromatic N) is 1. The minimum Gasteiger partial charge on any atom is -0.315 e. The minimum atomic E-state index is 0.399. The Morgan fingerprint density at radius 1 is 0.950 bits per heavy atom. The molecule has 1 unspecified atom stereocenters. The molecule has 0 radical (unpaired) electrons. The van der Waals surface area contributed by atoms with Crippen molar-refractivity contribution in [3.05, 3.63) is 71.8 Å². The van der Waals surface area contributed by atoms with E-state index in [1.807, 2.05) is 0 Å². The van der Waals surface area contributed by atoms with E-state index in [0.717, 1.165) is 19.6 Å². The Balaban J connectivity index is 2.10. The van der Waals surface area contributed by atoms with Gasteiger partial charge in [0, 0.05) is 19.1 Å². The van der Waals surface area contributed by atoms with Crippen LogP contribution in [0.4, 0.5) is 0 Å². The number of benzene rings is 2. The summed E-state index contributed by atoms with van der Waals surface area (Å²) in [6.07, 6.45) is 0. The van der Waals surface area contributed by atoms with Gasteiger partial charge in [0.25, 0.3) is 0 Å². The predicted octanol–water partition coefficient (Wildman–Crippen LogP) is 3.47. The van der Waals surface area contributed by atoms with E-state index < -0.39 is 0 Å². The number of hydrogen-bond acceptors (Lipinski definition) is 2. The van der Waals surface area contributed by atoms with Crippen molar-refractivity contribution in [2.24, 2.45) is 0 Å². The van der Waals surface area contributed by atoms with E-state index in [9.17, 15) is 0 Å². The van der Waals surface area contributed by atoms with Gasteiger partial charge in [-0.05, 0) is 24.7 Å². The van der Waals surface area contributed by atoms with Gasteiger partial charge in [-0.15, -0.1) is 0 Å². The quantitative estimate of drug-likeness (QED) is 0.827. The summed E-state index contributed by atoms with van der Waals surface area (Å²) in [5.41, 5.74) is 2.72. The fourth-order valence-electron chi connectivity index (χ4n) is 2.47. The first-order chi connectivity index (χ1) is 9.81. The Labute approximate surface area is 122 Å². The molecule has 0 bridgehead atoms. The van der Waals surface area contributed by atoms with Crippen molar-refractivity contribution in [3.63, 3.8) is 0 Å². The van der Waals surface area contributed by atoms with Gasteiger partial charge < -0.3 is 5.32 Å². The molecule has 2 rings (SSSR count). The van der Waals surface area contributed by atoms with Crippen LogP contribution in [0.25, 0.3) is 0 Å². The van der Waals surface area contributed by atoms with Crippen LogP contribution in [0.3, 0.4) is 0 Å². The predicted molar refractivity (Wildman–Crippen MR) is 85.6 cm³/mol. The summed E-state index contributed by atoms with van der Waals surface area (Å²) in [6.45, 7) is 5.09. The van der Waals surface area contributed by atoms with E-state index in [-0.39, 0.29) is 0 Å². The lowest BCUT2D eigenvalue weighted by atomic mass is 10.0. The van der Waals surface area contributed by atoms with E-state index in [2.05, 4.69) is 84.9 Å². The summed E-state index contributed by atoms with van der Waals surface area (Å²) in [5, 5.41) is 3.47. The fourth-order valence-corrected chi connectivity index (χ4v) is 2.47. The van der Waals surface area contributed by atoms with Crippen molar-refractivity contribution in [1.82, 2.24) is 10.2 Å². The first-order valence-electron chi connectivity index (χ1n) is 7.31. The Kier molecular flexibility index (Phi) is 5.78. The van der Waals surface area contributed by atoms with Crippen molar-refractivity contribution < 1.29 is 0 Å². The standard InChI is InChI=1S/C18H24N2/c1-3-19-14-18(17-12-8-5-9-13-17)20(2)15-16-10-6-4-7-11-16/h4-13,18-19H,3,14-15H2,1-2H3. The molecule has 0 fully saturated rings. The maximum atomic E-state index is 3.47. The highest BCUT2D eigenvalue weighted by atomic mass is 15.1. The van der Waals surface area contributed by atoms with Crippen LogP contribution in [0.5, 0.6) is 0 Å². The van der Waals surface area contributed by atoms with Gasteiger partial charge in [0.05, 0.1) is 0 Å². The molecule has 0 aliphatic rings. The van der Waals surface area contributed by atoms with Crippen LogP contribution in [0.15, 0.2) is 60.7 Å². The molecule has 2 aromatic rings. The zero-order valence-corrected chi connectivity index (χ0v) is 12.4. The minimum absolute atomic E-state index is 0.399. The van der Waals surface area contributed by atoms with Crippen LogP contribution in [0, 0.1) is 0 Å². The SMILES string of the molecule is CCNCC(c1ccccc1)N(C)Cc1ccccc1. The number of likely N-dealkylation sites (N-methyl/N-ethyl adjacent to an activating group) is 2. The third-order valence-corrected chi connectivity index (χ3v) is 3.58. The highest BCUT2D eigenvalue weighted by Gasteiger charge is 2.16. The third-order valence-electron chi connectivity index (χ3n) is 3.58. The first-order valence-corrected chi connectivity index (χ1v) is 7.31. The molecule has 106 valence electrons. The lowest BCUT2D eigenvalue weighted by molar-refractivity contribution is 0.231. The topological polar surface area (TPSA) is 15.3 Å². The molecule has 2 heteroatoms. The molecule has 20 heavy (non-hydrogen) atoms. The lowest BCUT2D eigenvalue weighted by Gasteiger charge is -2.29. The van der Waals surface area contributed by atoms with E-state index in [4.69, 9.17) is 0 Å². The maximum Gasteiger partial charge on any atom is 0.0473 e. The van der Waals surface area contributed by atoms with Gasteiger partial charge >= 0.3 is 0 Å². The van der Waals surface area contributed by atoms with Gasteiger partial charge in [-0.1, -0.05) is 67.6 Å². The molecular weight excluding hydrogens is 244 g/mol. The normalized spacial score (nSPS) is 12.6. The van der Waals surface area contributed by atoms with Crippen molar-refractivity contribution in [1.29, 1.82) is 0 Å². The number of nitrogens with one attached hydrogen (secondary N) is 1. The van der Waals surface area contributed by atoms with Crippen LogP contribution in [-0.2, 0) is 6.54 Å². The molecule has 0 saturated carbocycles. The summed E-state index contributed by atoms with van der Waals surface area (Å²) in [4.78, 5) is 2.41. The molecule has 1 atom stereocenters. The monoisotopic (exact) mass is 268 g/mol. The molecule has 0 aliphatic heterocycles. The molecule has 0 spiro atoms. The van der Waals surface area contributed by atoms with Crippen LogP contribution < -0.4 is 5.32 Å². The van der Waals surface area contributed by atoms with Crippen molar-refractivity contribution in [3.8, 4) is 0 Å². The van der Waals surface area contributed by atoms with Gasteiger partial charge in [-0.3, -0.25) is 4.90 Å². The molecule has 2 aromatic carbocycles. The van der Waals surface area contributed by atoms with Crippen LogP contribution >= 0.6 is 0 Å². The average molecular weight is 268 g/mol. The molecule has 0 amide bonds. The Morgan fingerprint density at radius 3 is 2.15 bits per heavy atom. The van der Waals surface area contributed by atoms with Gasteiger partial charge in [-0.25, -0.2) is 0 Å². The van der Waals surface area contributed by atoms with E-state index in [1.165, 1.54) is 11.1 Å². The summed E-state index contributed by atoms with van der Waals surface area (Å²) >= 11 is 0. The van der Waals surface area contributed by atoms with Crippen molar-refractivity contribution in [2.75, 3.05) is 20.1 Å². The maximum absolute atomic E-state index is 3.47. The molecule has 0 aliphatic carbocycles. The molecule has 0 aromatic heterocycles. The number of hydrogen-bond donors (Lipinski definition) is 1. The zero-order valence-electron chi connectivity index (χ0n) is 12.4. The van der Waals surface area contributed by atoms with Crippen LogP contribution in [0.1, 0.15) is 24.1 Å². The summed E-state index contributed by atoms with van der Waals surface area (Å²) in [7, 11) is 2.20. The fraction of sp³-hybridized carbons (Fsp3) is 0.333. The van der Waals surface area contributed by atoms with Gasteiger partial charge in [0.1, 0.15) is 0 Å². The third kappa shape index (κ3) is 4.19. The van der Waals surface area contributed by atoms with Crippen LogP contribution in [0.2, 0.25) is 0 Å². The molecule has 0 saturated heterocycles. The van der Waals surface area contributed by atoms with Crippen molar-refractivity contribution >= 4 is 0 Å². The van der Waals surface area contributed by atoms with Gasteiger partial charge in [0.2, 0.25) is 0 Å². The highest BCUT2D eigenvalue weighted by molar-refractivity contribution is 5.20. The van der Waals surface area contributed by atoms with Gasteiger partial charge in [0.15, 0.2) is 0 Å². The Hall–Kier alpha value is -1.64. The number of rotatable bonds is 7. The average Bonchev–Trinajstić information content (AvgIpc) is 2.50. The molecule has 1 N–H and O–H groups in total. The molecular formula is C18H24N2. The smallest absolute Gasteiger partial charge is 0.0473 e. The summed E-state index contributed by atoms with van der Waals surface area (Å²) in [6, 6.07) is 21.8. The second-order valence-corrected chi connectivity index (χ2v) is 5.13. The second-order valence-electron chi connectivity index (χ2n) is 5.13. The molecule has 0 heterocycles. The Bertz CT molecular complexity index is 481. The van der Waals surface area contributed by atoms with Crippen LogP contribution in [-0.4, -0.2) is 25.0 Å². The molecule has 2 nitrogen and oxygen atoms in total. The van der Waals surface area contributed by atoms with Crippen molar-refractivity contribution in [2.45, 2.75) is 19.5 Å². The van der Waals surface area contributed by atoms with E-state index >= 15 is 0 Å². The van der Waals surface area contributed by atoms with Gasteiger partial charge in [-0.2, -0.15) is 0 Å². The Morgan fingerprint density at radius 2 is 1.55 bits per heavy atom. The highest BCUT2D eigenvalue weighted by Crippen LogP contribution is 2.20. The summed E-state index contributed by atoms with van der Waals surface area (Å²) in [5.74, 6) is 0. The zero-order chi connectivity index (χ0) is 14.2. The van der Waals surface area contributed by atoms with E-state index in [0.29, 0.717) is 6.04 Å². The second kappa shape index (κ2) is 7.83. The van der Waals surface area contributed by atoms with E-state index in [1.54, 1.807) is 0 Å². The first kappa shape index (κ1) is 14.8.